The summed E-state index contributed by atoms with van der Waals surface area (Å²) in [6.07, 6.45) is 0. The van der Waals surface area contributed by atoms with Gasteiger partial charge in [0, 0.05) is 16.3 Å². The van der Waals surface area contributed by atoms with Crippen molar-refractivity contribution in [3.8, 4) is 0 Å². The van der Waals surface area contributed by atoms with Crippen molar-refractivity contribution in [2.45, 2.75) is 21.4 Å². The molecule has 4 rings (SSSR count). The maximum absolute atomic E-state index is 12.2. The predicted octanol–water partition coefficient (Wildman–Crippen LogP) is 6.27. The molecule has 1 N–H and O–H groups in total. The second kappa shape index (κ2) is 11.0. The van der Waals surface area contributed by atoms with E-state index in [1.165, 1.54) is 39.4 Å². The summed E-state index contributed by atoms with van der Waals surface area (Å²) in [6.45, 7) is 1.80. The van der Waals surface area contributed by atoms with Gasteiger partial charge >= 0.3 is 0 Å². The number of hydrogen-bond acceptors (Lipinski definition) is 7. The van der Waals surface area contributed by atoms with Crippen LogP contribution in [0.3, 0.4) is 0 Å². The summed E-state index contributed by atoms with van der Waals surface area (Å²) in [5, 5.41) is 15.7. The molecule has 0 bridgehead atoms. The highest BCUT2D eigenvalue weighted by molar-refractivity contribution is 8.03. The van der Waals surface area contributed by atoms with E-state index in [0.717, 1.165) is 20.0 Å². The van der Waals surface area contributed by atoms with Gasteiger partial charge in [-0.2, -0.15) is 5.10 Å². The molecule has 162 valence electrons. The predicted molar refractivity (Wildman–Crippen MR) is 136 cm³/mol. The van der Waals surface area contributed by atoms with E-state index in [4.69, 9.17) is 11.6 Å². The molecule has 3 aromatic carbocycles. The summed E-state index contributed by atoms with van der Waals surface area (Å²) in [5.74, 6) is 0.820. The number of hydrazone groups is 1. The number of carbonyl (C=O) groups excluding carboxylic acids is 1. The van der Waals surface area contributed by atoms with Crippen molar-refractivity contribution in [3.05, 3.63) is 82.9 Å². The molecule has 0 saturated carbocycles. The Hall–Kier alpha value is -2.39. The molecular weight excluding hydrogens is 480 g/mol. The molecule has 0 saturated heterocycles. The van der Waals surface area contributed by atoms with Gasteiger partial charge in [-0.1, -0.05) is 107 Å². The number of nitrogens with one attached hydrogen (secondary N) is 1. The van der Waals surface area contributed by atoms with Crippen molar-refractivity contribution < 1.29 is 4.79 Å². The summed E-state index contributed by atoms with van der Waals surface area (Å²) in [6, 6.07) is 22.1. The lowest BCUT2D eigenvalue weighted by atomic mass is 10.1. The second-order valence-electron chi connectivity index (χ2n) is 6.76. The van der Waals surface area contributed by atoms with Gasteiger partial charge in [0.1, 0.15) is 0 Å². The Morgan fingerprint density at radius 3 is 2.56 bits per heavy atom. The zero-order valence-corrected chi connectivity index (χ0v) is 20.3. The van der Waals surface area contributed by atoms with E-state index < -0.39 is 0 Å². The zero-order valence-electron chi connectivity index (χ0n) is 17.1. The van der Waals surface area contributed by atoms with Gasteiger partial charge in [0.15, 0.2) is 8.68 Å². The summed E-state index contributed by atoms with van der Waals surface area (Å²) in [4.78, 5) is 12.2. The van der Waals surface area contributed by atoms with Gasteiger partial charge in [0.2, 0.25) is 0 Å². The summed E-state index contributed by atoms with van der Waals surface area (Å²) in [5.41, 5.74) is 5.28. The third-order valence-corrected chi connectivity index (χ3v) is 8.13. The van der Waals surface area contributed by atoms with Gasteiger partial charge in [-0.25, -0.2) is 5.43 Å². The lowest BCUT2D eigenvalue weighted by Crippen LogP contribution is -2.21. The summed E-state index contributed by atoms with van der Waals surface area (Å²) in [7, 11) is 0. The van der Waals surface area contributed by atoms with Gasteiger partial charge in [-0.3, -0.25) is 4.79 Å². The lowest BCUT2D eigenvalue weighted by Gasteiger charge is -2.04. The fourth-order valence-corrected chi connectivity index (χ4v) is 6.08. The molecule has 0 aliphatic heterocycles. The van der Waals surface area contributed by atoms with Crippen LogP contribution < -0.4 is 5.43 Å². The fraction of sp³-hybridized carbons (Fsp3) is 0.130. The number of thioether (sulfide) groups is 2. The first-order valence-corrected chi connectivity index (χ1v) is 12.9. The largest absolute Gasteiger partial charge is 0.272 e. The maximum atomic E-state index is 12.2. The molecule has 5 nitrogen and oxygen atoms in total. The first-order chi connectivity index (χ1) is 15.6. The lowest BCUT2D eigenvalue weighted by molar-refractivity contribution is -0.118. The van der Waals surface area contributed by atoms with E-state index in [1.54, 1.807) is 24.8 Å². The van der Waals surface area contributed by atoms with Gasteiger partial charge in [-0.15, -0.1) is 10.2 Å². The smallest absolute Gasteiger partial charge is 0.250 e. The highest BCUT2D eigenvalue weighted by atomic mass is 35.5. The molecule has 0 spiro atoms. The zero-order chi connectivity index (χ0) is 22.3. The van der Waals surface area contributed by atoms with Crippen LogP contribution >= 0.6 is 46.5 Å². The highest BCUT2D eigenvalue weighted by Crippen LogP contribution is 2.32. The quantitative estimate of drug-likeness (QED) is 0.176. The Morgan fingerprint density at radius 1 is 1.00 bits per heavy atom. The molecule has 1 amide bonds. The number of rotatable bonds is 8. The number of benzene rings is 3. The molecule has 0 aliphatic rings. The van der Waals surface area contributed by atoms with Gasteiger partial charge in [0.05, 0.1) is 11.5 Å². The number of fused-ring (bicyclic) bond motifs is 1. The molecule has 0 unspecified atom stereocenters. The van der Waals surface area contributed by atoms with Crippen LogP contribution in [0.2, 0.25) is 5.02 Å². The molecule has 1 heterocycles. The Labute approximate surface area is 203 Å². The van der Waals surface area contributed by atoms with Crippen LogP contribution in [0, 0.1) is 0 Å². The minimum atomic E-state index is -0.207. The van der Waals surface area contributed by atoms with Crippen molar-refractivity contribution >= 4 is 68.9 Å². The van der Waals surface area contributed by atoms with Crippen molar-refractivity contribution in [1.82, 2.24) is 15.6 Å². The van der Waals surface area contributed by atoms with Crippen LogP contribution in [-0.2, 0) is 10.5 Å². The minimum absolute atomic E-state index is 0.207. The molecule has 0 fully saturated rings. The topological polar surface area (TPSA) is 67.2 Å². The molecule has 1 aromatic heterocycles. The monoisotopic (exact) mass is 498 g/mol. The van der Waals surface area contributed by atoms with E-state index in [0.29, 0.717) is 10.7 Å². The van der Waals surface area contributed by atoms with Crippen LogP contribution in [0.25, 0.3) is 10.8 Å². The SMILES string of the molecule is C/C(=N/NC(=O)CSc1nnc(SCc2cccc3ccccc23)s1)c1ccccc1Cl. The van der Waals surface area contributed by atoms with E-state index in [1.807, 2.05) is 24.3 Å². The Balaban J connectivity index is 1.28. The minimum Gasteiger partial charge on any atom is -0.272 e. The third kappa shape index (κ3) is 5.89. The molecule has 0 aliphatic carbocycles. The van der Waals surface area contributed by atoms with Crippen LogP contribution in [-0.4, -0.2) is 27.6 Å². The van der Waals surface area contributed by atoms with Crippen molar-refractivity contribution in [2.75, 3.05) is 5.75 Å². The van der Waals surface area contributed by atoms with Crippen molar-refractivity contribution in [2.24, 2.45) is 5.10 Å². The van der Waals surface area contributed by atoms with Crippen molar-refractivity contribution in [3.63, 3.8) is 0 Å². The second-order valence-corrected chi connectivity index (χ2v) is 10.6. The number of nitrogens with zero attached hydrogens (tertiary/aromatic N) is 3. The molecule has 4 aromatic rings. The number of hydrogen-bond donors (Lipinski definition) is 1. The van der Waals surface area contributed by atoms with Gasteiger partial charge in [0.25, 0.3) is 5.91 Å². The van der Waals surface area contributed by atoms with Crippen LogP contribution in [0.15, 0.2) is 80.5 Å². The molecular formula is C23H19ClN4OS3. The average Bonchev–Trinajstić information content (AvgIpc) is 3.28. The molecule has 0 atom stereocenters. The Kier molecular flexibility index (Phi) is 7.81. The highest BCUT2D eigenvalue weighted by Gasteiger charge is 2.10. The van der Waals surface area contributed by atoms with Crippen molar-refractivity contribution in [1.29, 1.82) is 0 Å². The van der Waals surface area contributed by atoms with Crippen LogP contribution in [0.4, 0.5) is 0 Å². The van der Waals surface area contributed by atoms with E-state index in [-0.39, 0.29) is 11.7 Å². The van der Waals surface area contributed by atoms with Crippen LogP contribution in [0.1, 0.15) is 18.1 Å². The third-order valence-electron chi connectivity index (χ3n) is 4.56. The maximum Gasteiger partial charge on any atom is 0.250 e. The first kappa shape index (κ1) is 22.8. The molecule has 32 heavy (non-hydrogen) atoms. The van der Waals surface area contributed by atoms with Gasteiger partial charge in [-0.05, 0) is 29.3 Å². The first-order valence-electron chi connectivity index (χ1n) is 9.74. The standard InChI is InChI=1S/C23H19ClN4OS3/c1-15(18-10-4-5-12-20(18)24)25-26-21(29)14-31-23-28-27-22(32-23)30-13-17-9-6-8-16-7-2-3-11-19(16)17/h2-12H,13-14H2,1H3,(H,26,29)/b25-15-. The molecule has 9 heteroatoms. The van der Waals surface area contributed by atoms with Crippen LogP contribution in [0.5, 0.6) is 0 Å². The number of amides is 1. The number of aromatic nitrogens is 2. The Morgan fingerprint density at radius 2 is 1.72 bits per heavy atom. The number of carbonyl (C=O) groups is 1. The molecule has 0 radical (unpaired) electrons. The average molecular weight is 499 g/mol. The fourth-order valence-electron chi connectivity index (χ4n) is 2.99. The van der Waals surface area contributed by atoms with Gasteiger partial charge < -0.3 is 0 Å². The summed E-state index contributed by atoms with van der Waals surface area (Å²) < 4.78 is 1.64. The number of halogens is 1. The normalized spacial score (nSPS) is 11.6. The Bertz CT molecular complexity index is 1270. The van der Waals surface area contributed by atoms with E-state index in [2.05, 4.69) is 57.1 Å². The van der Waals surface area contributed by atoms with E-state index >= 15 is 0 Å². The summed E-state index contributed by atoms with van der Waals surface area (Å²) >= 11 is 10.7. The van der Waals surface area contributed by atoms with E-state index in [9.17, 15) is 4.79 Å².